The zero-order valence-corrected chi connectivity index (χ0v) is 54.1. The lowest BCUT2D eigenvalue weighted by Gasteiger charge is -2.11. The molecule has 5 aromatic heterocycles. The van der Waals surface area contributed by atoms with E-state index in [-0.39, 0.29) is 20.3 Å². The van der Waals surface area contributed by atoms with Gasteiger partial charge in [-0.25, -0.2) is 74.7 Å². The number of carbonyl (C=O) groups is 6. The Balaban J connectivity index is 0.000000192. The van der Waals surface area contributed by atoms with E-state index in [1.54, 1.807) is 126 Å². The molecule has 96 heavy (non-hydrogen) atoms. The lowest BCUT2D eigenvalue weighted by Crippen LogP contribution is -2.37. The molecule has 504 valence electrons. The molecule has 48 heteroatoms. The van der Waals surface area contributed by atoms with Crippen LogP contribution < -0.4 is 53.9 Å². The predicted octanol–water partition coefficient (Wildman–Crippen LogP) is 5.32. The van der Waals surface area contributed by atoms with Crippen LogP contribution in [0.4, 0.5) is 46.7 Å². The molecule has 5 aromatic carbocycles. The first-order chi connectivity index (χ1) is 46.1. The van der Waals surface area contributed by atoms with Gasteiger partial charge in [0.05, 0.1) is 34.1 Å². The van der Waals surface area contributed by atoms with Crippen molar-refractivity contribution in [1.82, 2.24) is 138 Å². The van der Waals surface area contributed by atoms with Crippen LogP contribution in [0.3, 0.4) is 0 Å². The second-order valence-electron chi connectivity index (χ2n) is 18.1. The van der Waals surface area contributed by atoms with Gasteiger partial charge >= 0.3 is 30.2 Å². The summed E-state index contributed by atoms with van der Waals surface area (Å²) in [7, 11) is 2.51. The Labute approximate surface area is 567 Å². The van der Waals surface area contributed by atoms with E-state index in [1.807, 2.05) is 0 Å². The van der Waals surface area contributed by atoms with Gasteiger partial charge in [-0.1, -0.05) is 65.5 Å². The number of hydroxylamine groups is 7. The molecule has 0 spiro atoms. The van der Waals surface area contributed by atoms with Crippen LogP contribution in [0.2, 0.25) is 0 Å². The fourth-order valence-electron chi connectivity index (χ4n) is 7.25. The van der Waals surface area contributed by atoms with Crippen molar-refractivity contribution < 1.29 is 54.8 Å². The second kappa shape index (κ2) is 37.1. The first kappa shape index (κ1) is 73.3. The Bertz CT molecular complexity index is 4580. The third-order valence-corrected chi connectivity index (χ3v) is 13.1. The van der Waals surface area contributed by atoms with Gasteiger partial charge in [-0.15, -0.1) is 0 Å². The Morgan fingerprint density at radius 2 is 0.812 bits per heavy atom. The smallest absolute Gasteiger partial charge is 0.338 e. The van der Waals surface area contributed by atoms with E-state index in [9.17, 15) is 28.8 Å². The van der Waals surface area contributed by atoms with Crippen LogP contribution in [0.15, 0.2) is 121 Å². The summed E-state index contributed by atoms with van der Waals surface area (Å²) in [5, 5.41) is 102. The van der Waals surface area contributed by atoms with Gasteiger partial charge in [-0.05, 0) is 183 Å². The number of rotatable bonds is 16. The zero-order chi connectivity index (χ0) is 69.7. The van der Waals surface area contributed by atoms with Gasteiger partial charge in [-0.2, -0.15) is 20.9 Å². The number of urea groups is 5. The topological polar surface area (TPSA) is 553 Å². The number of hydrogen-bond donors (Lipinski definition) is 21. The maximum absolute atomic E-state index is 11.9. The summed E-state index contributed by atoms with van der Waals surface area (Å²) in [4.78, 5) is 67.1. The van der Waals surface area contributed by atoms with Gasteiger partial charge in [0.15, 0.2) is 9.54 Å². The molecule has 0 aliphatic carbocycles. The summed E-state index contributed by atoms with van der Waals surface area (Å²) in [5.41, 5.74) is 15.2. The van der Waals surface area contributed by atoms with Crippen LogP contribution >= 0.6 is 73.3 Å². The average Bonchev–Trinajstić information content (AvgIpc) is 1.91. The number of anilines is 4. The monoisotopic (exact) mass is 1430 g/mol. The molecule has 0 aliphatic heterocycles. The van der Waals surface area contributed by atoms with Gasteiger partial charge < -0.3 is 26.6 Å². The highest BCUT2D eigenvalue weighted by atomic mass is 32.1. The van der Waals surface area contributed by atoms with E-state index in [0.717, 1.165) is 0 Å². The van der Waals surface area contributed by atoms with Crippen LogP contribution in [0, 0.1) is 28.6 Å². The zero-order valence-electron chi connectivity index (χ0n) is 49.2. The molecule has 21 N–H and O–H groups in total. The average molecular weight is 1430 g/mol. The molecule has 0 aliphatic rings. The Morgan fingerprint density at radius 1 is 0.448 bits per heavy atom. The van der Waals surface area contributed by atoms with Gasteiger partial charge in [0.2, 0.25) is 19.1 Å². The quantitative estimate of drug-likeness (QED) is 0.0252. The number of amides is 11. The number of benzene rings is 5. The molecular weight excluding hydrogens is 1380 g/mol. The maximum atomic E-state index is 11.9. The highest BCUT2D eigenvalue weighted by Gasteiger charge is 2.12. The third-order valence-electron chi connectivity index (χ3n) is 11.5. The number of aromatic nitrogens is 19. The number of hydrogen-bond acceptors (Lipinski definition) is 26. The number of tetrazole rings is 4. The molecule has 5 heterocycles. The lowest BCUT2D eigenvalue weighted by molar-refractivity contribution is -0.0374. The van der Waals surface area contributed by atoms with Crippen LogP contribution in [-0.4, -0.2) is 195 Å². The largest absolute Gasteiger partial charge is 0.357 e. The van der Waals surface area contributed by atoms with E-state index in [1.165, 1.54) is 49.3 Å². The van der Waals surface area contributed by atoms with E-state index in [2.05, 4.69) is 110 Å². The maximum Gasteiger partial charge on any atom is 0.357 e. The SMILES string of the molecule is CN(O)C(=O)NCCCCNC(=O)Nc1cccc(-n2[nH]nnc2=S)c1.CN(O)C(=O)c1ccc(-n2[nH]nnc2=S)cc1.O=C(NO)NNc1cccc(-n2[nH]nnc2=S)c1.O=C(NO)Nc1cccc(-n2[nH]nnc2=S)c1.O=C(NO)Nc1cccc(-n2c(=S)[nH][nH]c2=S)c1. The lowest BCUT2D eigenvalue weighted by atomic mass is 10.2. The number of unbranched alkanes of at least 4 members (excludes halogenated alkanes) is 1. The molecule has 10 rings (SSSR count). The fraction of sp³-hybridized carbons (Fsp3) is 0.125. The molecule has 0 fully saturated rings. The molecule has 0 radical (unpaired) electrons. The third kappa shape index (κ3) is 22.5. The van der Waals surface area contributed by atoms with E-state index >= 15 is 0 Å². The Kier molecular flexibility index (Phi) is 28.3. The van der Waals surface area contributed by atoms with Crippen LogP contribution in [0.5, 0.6) is 0 Å². The normalized spacial score (nSPS) is 10.1. The number of hydrazine groups is 1. The number of nitrogens with zero attached hydrogens (tertiary/aromatic N) is 15. The van der Waals surface area contributed by atoms with Crippen molar-refractivity contribution in [3.63, 3.8) is 0 Å². The number of carbonyl (C=O) groups excluding carboxylic acids is 6. The van der Waals surface area contributed by atoms with Gasteiger partial charge in [0.1, 0.15) is 0 Å². The molecule has 11 amide bonds. The molecule has 0 saturated heterocycles. The fourth-order valence-corrected chi connectivity index (χ4v) is 8.55. The highest BCUT2D eigenvalue weighted by molar-refractivity contribution is 7.72. The molecule has 0 unspecified atom stereocenters. The minimum Gasteiger partial charge on any atom is -0.338 e. The van der Waals surface area contributed by atoms with Gasteiger partial charge in [-0.3, -0.25) is 51.0 Å². The number of nitrogens with one attached hydrogen (secondary N) is 16. The summed E-state index contributed by atoms with van der Waals surface area (Å²) in [5.74, 6) is -0.483. The Hall–Kier alpha value is -11.7. The molecule has 42 nitrogen and oxygen atoms in total. The van der Waals surface area contributed by atoms with Crippen LogP contribution in [0.1, 0.15) is 23.2 Å². The van der Waals surface area contributed by atoms with Crippen molar-refractivity contribution in [2.45, 2.75) is 12.8 Å². The minimum absolute atomic E-state index is 0.272. The van der Waals surface area contributed by atoms with Crippen LogP contribution in [-0.2, 0) is 0 Å². The molecule has 0 bridgehead atoms. The van der Waals surface area contributed by atoms with Gasteiger partial charge in [0.25, 0.3) is 5.91 Å². The molecular formula is C48H55N31O11S6. The Morgan fingerprint density at radius 3 is 1.20 bits per heavy atom. The summed E-state index contributed by atoms with van der Waals surface area (Å²) in [6.45, 7) is 0.861. The first-order valence-corrected chi connectivity index (χ1v) is 29.1. The standard InChI is InChI=1S/C14H20N8O3S.C9H9N5O2S2.C9H9N5O2S.C8H9N7O2S.C8H8N6O2S/c1-21(25)13(24)16-8-3-2-7-15-12(23)17-10-5-4-6-11(9-10)22-14(26)18-19-20-22;15-7(13-16)10-5-2-1-3-6(4-5)14-8(17)11-12-9(14)18;1-13(16)8(15)6-2-4-7(5-3-6)14-9(17)10-11-12-14;16-7(12-17)10-9-5-2-1-3-6(4-5)15-8(18)11-13-14-15;15-7(11-16)9-5-2-1-3-6(4-5)14-8(17)10-12-13-14/h4-6,9,25H,2-3,7-8H2,1H3,(H,16,24)(H2,15,17,23)(H,18,20,26);1-4,16H,(H,11,17)(H,12,18)(H2,10,13,15);2-5,16H,1H3,(H,10,12,17);1-4,9,17H,(H2,10,12,16)(H,11,14,18);1-4,16H,(H2,9,11,15)(H,10,13,17). The van der Waals surface area contributed by atoms with E-state index in [4.69, 9.17) is 99.3 Å². The van der Waals surface area contributed by atoms with Crippen molar-refractivity contribution >= 4 is 132 Å². The summed E-state index contributed by atoms with van der Waals surface area (Å²) < 4.78 is 9.54. The van der Waals surface area contributed by atoms with Crippen molar-refractivity contribution in [3.8, 4) is 28.4 Å². The second-order valence-corrected chi connectivity index (χ2v) is 20.3. The van der Waals surface area contributed by atoms with Crippen molar-refractivity contribution in [3.05, 3.63) is 156 Å². The summed E-state index contributed by atoms with van der Waals surface area (Å²) in [6.07, 6.45) is 1.35. The molecule has 0 saturated carbocycles. The van der Waals surface area contributed by atoms with E-state index in [0.29, 0.717) is 107 Å². The van der Waals surface area contributed by atoms with Crippen molar-refractivity contribution in [1.29, 1.82) is 0 Å². The number of aromatic amines is 6. The van der Waals surface area contributed by atoms with Crippen molar-refractivity contribution in [2.24, 2.45) is 0 Å². The predicted molar refractivity (Wildman–Crippen MR) is 350 cm³/mol. The minimum atomic E-state index is -0.778. The van der Waals surface area contributed by atoms with Crippen LogP contribution in [0.25, 0.3) is 28.4 Å². The summed E-state index contributed by atoms with van der Waals surface area (Å²) >= 11 is 30.0. The van der Waals surface area contributed by atoms with Gasteiger partial charge in [0, 0.05) is 49.8 Å². The highest BCUT2D eigenvalue weighted by Crippen LogP contribution is 2.18. The summed E-state index contributed by atoms with van der Waals surface area (Å²) in [6, 6.07) is 31.0. The molecule has 0 atom stereocenters. The van der Waals surface area contributed by atoms with E-state index < -0.39 is 30.0 Å². The molecule has 10 aromatic rings. The van der Waals surface area contributed by atoms with Crippen molar-refractivity contribution in [2.75, 3.05) is 48.6 Å². The number of H-pyrrole nitrogens is 6. The first-order valence-electron chi connectivity index (χ1n) is 26.6.